The van der Waals surface area contributed by atoms with Crippen LogP contribution in [0.4, 0.5) is 0 Å². The molecule has 2 aromatic rings. The molecule has 4 heteroatoms. The van der Waals surface area contributed by atoms with E-state index < -0.39 is 0 Å². The molecular weight excluding hydrogens is 269 g/mol. The number of aromatic nitrogens is 1. The fourth-order valence-electron chi connectivity index (χ4n) is 1.62. The van der Waals surface area contributed by atoms with Crippen LogP contribution in [0.25, 0.3) is 0 Å². The summed E-state index contributed by atoms with van der Waals surface area (Å²) in [4.78, 5) is 4.04. The van der Waals surface area contributed by atoms with Gasteiger partial charge in [-0.25, -0.2) is 0 Å². The van der Waals surface area contributed by atoms with E-state index in [1.54, 1.807) is 12.4 Å². The van der Waals surface area contributed by atoms with Crippen molar-refractivity contribution >= 4 is 23.2 Å². The minimum absolute atomic E-state index is 0.395. The van der Waals surface area contributed by atoms with Crippen molar-refractivity contribution in [2.75, 3.05) is 0 Å². The van der Waals surface area contributed by atoms with E-state index in [4.69, 9.17) is 27.9 Å². The van der Waals surface area contributed by atoms with Gasteiger partial charge in [-0.1, -0.05) is 18.5 Å². The molecule has 94 valence electrons. The number of hydrogen-bond acceptors (Lipinski definition) is 2. The van der Waals surface area contributed by atoms with Crippen molar-refractivity contribution in [2.24, 2.45) is 0 Å². The molecule has 18 heavy (non-hydrogen) atoms. The number of aryl methyl sites for hydroxylation is 1. The van der Waals surface area contributed by atoms with Crippen molar-refractivity contribution in [3.8, 4) is 11.5 Å². The molecule has 0 atom stereocenters. The standard InChI is InChI=1S/C14H13Cl2NO/c1-2-10-7-12(3-4-13(10)16)18-14-9-17-6-5-11(14)8-15/h3-7,9H,2,8H2,1H3. The molecule has 2 rings (SSSR count). The predicted octanol–water partition coefficient (Wildman–Crippen LogP) is 4.83. The van der Waals surface area contributed by atoms with Gasteiger partial charge in [0.2, 0.25) is 0 Å². The van der Waals surface area contributed by atoms with Crippen LogP contribution in [0.15, 0.2) is 36.7 Å². The molecule has 0 aliphatic rings. The number of ether oxygens (including phenoxy) is 1. The Balaban J connectivity index is 2.28. The number of rotatable bonds is 4. The van der Waals surface area contributed by atoms with Gasteiger partial charge in [0.25, 0.3) is 0 Å². The Labute approximate surface area is 117 Å². The monoisotopic (exact) mass is 281 g/mol. The molecule has 0 saturated carbocycles. The Morgan fingerprint density at radius 1 is 1.22 bits per heavy atom. The van der Waals surface area contributed by atoms with Gasteiger partial charge in [0, 0.05) is 16.8 Å². The van der Waals surface area contributed by atoms with Crippen molar-refractivity contribution in [3.63, 3.8) is 0 Å². The Hall–Kier alpha value is -1.25. The second-order valence-corrected chi connectivity index (χ2v) is 4.50. The van der Waals surface area contributed by atoms with Gasteiger partial charge in [-0.15, -0.1) is 11.6 Å². The third-order valence-corrected chi connectivity index (χ3v) is 3.30. The molecule has 1 heterocycles. The molecule has 0 fully saturated rings. The fraction of sp³-hybridized carbons (Fsp3) is 0.214. The van der Waals surface area contributed by atoms with Crippen molar-refractivity contribution in [3.05, 3.63) is 52.8 Å². The van der Waals surface area contributed by atoms with Crippen LogP contribution in [-0.4, -0.2) is 4.98 Å². The van der Waals surface area contributed by atoms with Gasteiger partial charge in [0.1, 0.15) is 11.5 Å². The average molecular weight is 282 g/mol. The zero-order valence-corrected chi connectivity index (χ0v) is 11.5. The molecule has 0 bridgehead atoms. The number of nitrogens with zero attached hydrogens (tertiary/aromatic N) is 1. The Kier molecular flexibility index (Phi) is 4.45. The van der Waals surface area contributed by atoms with E-state index in [2.05, 4.69) is 11.9 Å². The van der Waals surface area contributed by atoms with Crippen molar-refractivity contribution < 1.29 is 4.74 Å². The maximum atomic E-state index is 6.07. The Bertz CT molecular complexity index is 543. The molecule has 0 N–H and O–H groups in total. The van der Waals surface area contributed by atoms with E-state index in [1.165, 1.54) is 0 Å². The highest BCUT2D eigenvalue weighted by atomic mass is 35.5. The lowest BCUT2D eigenvalue weighted by Gasteiger charge is -2.10. The first-order chi connectivity index (χ1) is 8.74. The molecule has 0 aliphatic carbocycles. The molecule has 1 aromatic carbocycles. The third-order valence-electron chi connectivity index (χ3n) is 2.64. The normalized spacial score (nSPS) is 10.4. The van der Waals surface area contributed by atoms with Gasteiger partial charge in [0.05, 0.1) is 12.1 Å². The van der Waals surface area contributed by atoms with Crippen LogP contribution in [0.1, 0.15) is 18.1 Å². The summed E-state index contributed by atoms with van der Waals surface area (Å²) in [5, 5.41) is 0.758. The van der Waals surface area contributed by atoms with E-state index in [1.807, 2.05) is 24.3 Å². The van der Waals surface area contributed by atoms with Crippen LogP contribution >= 0.6 is 23.2 Å². The van der Waals surface area contributed by atoms with Crippen molar-refractivity contribution in [1.82, 2.24) is 4.98 Å². The van der Waals surface area contributed by atoms with Crippen LogP contribution in [0.3, 0.4) is 0 Å². The fourth-order valence-corrected chi connectivity index (χ4v) is 2.10. The minimum atomic E-state index is 0.395. The summed E-state index contributed by atoms with van der Waals surface area (Å²) in [5.41, 5.74) is 1.98. The van der Waals surface area contributed by atoms with Crippen LogP contribution in [-0.2, 0) is 12.3 Å². The average Bonchev–Trinajstić information content (AvgIpc) is 2.41. The summed E-state index contributed by atoms with van der Waals surface area (Å²) in [6, 6.07) is 7.46. The summed E-state index contributed by atoms with van der Waals surface area (Å²) in [5.74, 6) is 1.82. The molecular formula is C14H13Cl2NO. The highest BCUT2D eigenvalue weighted by molar-refractivity contribution is 6.31. The summed E-state index contributed by atoms with van der Waals surface area (Å²) in [7, 11) is 0. The SMILES string of the molecule is CCc1cc(Oc2cnccc2CCl)ccc1Cl. The molecule has 2 nitrogen and oxygen atoms in total. The number of halogens is 2. The lowest BCUT2D eigenvalue weighted by atomic mass is 10.1. The summed E-state index contributed by atoms with van der Waals surface area (Å²) in [6.07, 6.45) is 4.23. The second-order valence-electron chi connectivity index (χ2n) is 3.83. The number of benzene rings is 1. The van der Waals surface area contributed by atoms with Gasteiger partial charge in [-0.05, 0) is 36.2 Å². The molecule has 0 saturated heterocycles. The minimum Gasteiger partial charge on any atom is -0.455 e. The summed E-state index contributed by atoms with van der Waals surface area (Å²) in [6.45, 7) is 2.05. The van der Waals surface area contributed by atoms with Gasteiger partial charge < -0.3 is 4.74 Å². The smallest absolute Gasteiger partial charge is 0.150 e. The lowest BCUT2D eigenvalue weighted by molar-refractivity contribution is 0.475. The molecule has 0 radical (unpaired) electrons. The highest BCUT2D eigenvalue weighted by Crippen LogP contribution is 2.28. The molecule has 0 spiro atoms. The predicted molar refractivity (Wildman–Crippen MR) is 74.7 cm³/mol. The summed E-state index contributed by atoms with van der Waals surface area (Å²) < 4.78 is 5.79. The number of hydrogen-bond donors (Lipinski definition) is 0. The third kappa shape index (κ3) is 2.95. The van der Waals surface area contributed by atoms with Crippen molar-refractivity contribution in [2.45, 2.75) is 19.2 Å². The van der Waals surface area contributed by atoms with Gasteiger partial charge >= 0.3 is 0 Å². The highest BCUT2D eigenvalue weighted by Gasteiger charge is 2.06. The van der Waals surface area contributed by atoms with Gasteiger partial charge in [-0.2, -0.15) is 0 Å². The van der Waals surface area contributed by atoms with E-state index in [9.17, 15) is 0 Å². The first kappa shape index (κ1) is 13.2. The van der Waals surface area contributed by atoms with Gasteiger partial charge in [0.15, 0.2) is 0 Å². The van der Waals surface area contributed by atoms with Crippen LogP contribution in [0.5, 0.6) is 11.5 Å². The van der Waals surface area contributed by atoms with E-state index in [-0.39, 0.29) is 0 Å². The van der Waals surface area contributed by atoms with Crippen molar-refractivity contribution in [1.29, 1.82) is 0 Å². The number of alkyl halides is 1. The summed E-state index contributed by atoms with van der Waals surface area (Å²) >= 11 is 11.9. The Morgan fingerprint density at radius 2 is 2.06 bits per heavy atom. The van der Waals surface area contributed by atoms with E-state index in [0.29, 0.717) is 11.6 Å². The molecule has 0 amide bonds. The maximum Gasteiger partial charge on any atom is 0.150 e. The van der Waals surface area contributed by atoms with Crippen LogP contribution < -0.4 is 4.74 Å². The van der Waals surface area contributed by atoms with Crippen LogP contribution in [0, 0.1) is 0 Å². The first-order valence-corrected chi connectivity index (χ1v) is 6.61. The van der Waals surface area contributed by atoms with Crippen LogP contribution in [0.2, 0.25) is 5.02 Å². The molecule has 0 aliphatic heterocycles. The van der Waals surface area contributed by atoms with E-state index in [0.717, 1.165) is 28.3 Å². The zero-order valence-electron chi connectivity index (χ0n) is 9.99. The molecule has 1 aromatic heterocycles. The maximum absolute atomic E-state index is 6.07. The largest absolute Gasteiger partial charge is 0.455 e. The zero-order chi connectivity index (χ0) is 13.0. The lowest BCUT2D eigenvalue weighted by Crippen LogP contribution is -1.92. The van der Waals surface area contributed by atoms with Gasteiger partial charge in [-0.3, -0.25) is 4.98 Å². The first-order valence-electron chi connectivity index (χ1n) is 5.69. The number of pyridine rings is 1. The topological polar surface area (TPSA) is 22.1 Å². The molecule has 0 unspecified atom stereocenters. The second kappa shape index (κ2) is 6.07. The quantitative estimate of drug-likeness (QED) is 0.749. The Morgan fingerprint density at radius 3 is 2.78 bits per heavy atom. The van der Waals surface area contributed by atoms with E-state index >= 15 is 0 Å².